The first-order valence-electron chi connectivity index (χ1n) is 5.77. The van der Waals surface area contributed by atoms with Gasteiger partial charge in [-0.15, -0.1) is 0 Å². The molecule has 1 aromatic rings. The molecule has 0 N–H and O–H groups in total. The smallest absolute Gasteiger partial charge is 0.294 e. The fourth-order valence-electron chi connectivity index (χ4n) is 2.06. The first-order chi connectivity index (χ1) is 9.16. The predicted octanol–water partition coefficient (Wildman–Crippen LogP) is 2.92. The van der Waals surface area contributed by atoms with Gasteiger partial charge in [-0.3, -0.25) is 4.79 Å². The Morgan fingerprint density at radius 2 is 1.80 bits per heavy atom. The van der Waals surface area contributed by atoms with Gasteiger partial charge in [0.05, 0.1) is 11.5 Å². The summed E-state index contributed by atoms with van der Waals surface area (Å²) >= 11 is -0.254. The summed E-state index contributed by atoms with van der Waals surface area (Å²) in [5.41, 5.74) is -4.12. The topological polar surface area (TPSA) is 51.2 Å². The van der Waals surface area contributed by atoms with Crippen molar-refractivity contribution in [1.29, 1.82) is 0 Å². The maximum atomic E-state index is 12.2. The fraction of sp³-hybridized carbons (Fsp3) is 0.417. The highest BCUT2D eigenvalue weighted by Gasteiger charge is 2.33. The summed E-state index contributed by atoms with van der Waals surface area (Å²) in [7, 11) is -3.15. The highest BCUT2D eigenvalue weighted by molar-refractivity contribution is 8.00. The second-order valence-electron chi connectivity index (χ2n) is 4.54. The average Bonchev–Trinajstić information content (AvgIpc) is 2.68. The summed E-state index contributed by atoms with van der Waals surface area (Å²) in [5, 5.41) is 0. The van der Waals surface area contributed by atoms with Gasteiger partial charge in [-0.05, 0) is 30.3 Å². The lowest BCUT2D eigenvalue weighted by molar-refractivity contribution is -0.0328. The number of ketones is 1. The van der Waals surface area contributed by atoms with Crippen molar-refractivity contribution in [2.75, 3.05) is 11.5 Å². The molecule has 1 fully saturated rings. The number of sulfone groups is 1. The Balaban J connectivity index is 2.09. The van der Waals surface area contributed by atoms with Crippen LogP contribution >= 0.6 is 11.8 Å². The van der Waals surface area contributed by atoms with Crippen LogP contribution in [0, 0.1) is 5.92 Å². The fourth-order valence-corrected chi connectivity index (χ4v) is 4.34. The molecule has 1 aliphatic heterocycles. The molecule has 1 atom stereocenters. The lowest BCUT2D eigenvalue weighted by Gasteiger charge is -2.08. The Morgan fingerprint density at radius 3 is 2.25 bits per heavy atom. The quantitative estimate of drug-likeness (QED) is 0.634. The summed E-state index contributed by atoms with van der Waals surface area (Å²) < 4.78 is 59.1. The van der Waals surface area contributed by atoms with Crippen LogP contribution in [0.2, 0.25) is 0 Å². The largest absolute Gasteiger partial charge is 0.446 e. The molecule has 0 spiro atoms. The number of carbonyl (C=O) groups excluding carboxylic acids is 1. The molecule has 8 heteroatoms. The average molecular weight is 324 g/mol. The molecular formula is C12H11F3O3S2. The minimum absolute atomic E-state index is 0.00639. The van der Waals surface area contributed by atoms with Crippen molar-refractivity contribution >= 4 is 27.4 Å². The first-order valence-corrected chi connectivity index (χ1v) is 8.40. The third-order valence-electron chi connectivity index (χ3n) is 2.98. The molecule has 110 valence electrons. The van der Waals surface area contributed by atoms with E-state index in [0.29, 0.717) is 0 Å². The van der Waals surface area contributed by atoms with Crippen LogP contribution in [0.4, 0.5) is 13.2 Å². The summed E-state index contributed by atoms with van der Waals surface area (Å²) in [6, 6.07) is 5.05. The van der Waals surface area contributed by atoms with Gasteiger partial charge in [0.2, 0.25) is 0 Å². The van der Waals surface area contributed by atoms with Gasteiger partial charge in [-0.2, -0.15) is 13.2 Å². The summed E-state index contributed by atoms with van der Waals surface area (Å²) in [5.74, 6) is -1.09. The number of alkyl halides is 3. The number of halogens is 3. The first kappa shape index (κ1) is 15.4. The van der Waals surface area contributed by atoms with Crippen molar-refractivity contribution < 1.29 is 26.4 Å². The molecule has 2 rings (SSSR count). The second kappa shape index (κ2) is 5.40. The number of Topliss-reactive ketones (excluding diaryl/α,β-unsaturated/α-hetero) is 1. The number of benzene rings is 1. The number of thioether (sulfide) groups is 1. The van der Waals surface area contributed by atoms with Crippen molar-refractivity contribution in [3.05, 3.63) is 29.8 Å². The van der Waals surface area contributed by atoms with E-state index in [1.54, 1.807) is 0 Å². The molecule has 1 aromatic carbocycles. The zero-order valence-corrected chi connectivity index (χ0v) is 11.8. The molecule has 0 aliphatic carbocycles. The van der Waals surface area contributed by atoms with Crippen molar-refractivity contribution in [3.8, 4) is 0 Å². The molecule has 0 radical (unpaired) electrons. The highest BCUT2D eigenvalue weighted by Crippen LogP contribution is 2.36. The Kier molecular flexibility index (Phi) is 4.15. The van der Waals surface area contributed by atoms with E-state index in [4.69, 9.17) is 0 Å². The normalized spacial score (nSPS) is 21.9. The molecule has 3 nitrogen and oxygen atoms in total. The van der Waals surface area contributed by atoms with Crippen molar-refractivity contribution in [2.45, 2.75) is 16.8 Å². The maximum Gasteiger partial charge on any atom is 0.446 e. The SMILES string of the molecule is O=C(c1ccc(SC(F)(F)F)cc1)C1CCS(=O)(=O)C1. The van der Waals surface area contributed by atoms with Gasteiger partial charge < -0.3 is 0 Å². The van der Waals surface area contributed by atoms with Gasteiger partial charge in [0, 0.05) is 16.4 Å². The van der Waals surface area contributed by atoms with Crippen LogP contribution in [0.3, 0.4) is 0 Å². The minimum Gasteiger partial charge on any atom is -0.294 e. The van der Waals surface area contributed by atoms with Gasteiger partial charge in [-0.1, -0.05) is 12.1 Å². The monoisotopic (exact) mass is 324 g/mol. The predicted molar refractivity (Wildman–Crippen MR) is 69.4 cm³/mol. The molecule has 1 saturated heterocycles. The number of carbonyl (C=O) groups is 1. The van der Waals surface area contributed by atoms with Crippen LogP contribution in [0.1, 0.15) is 16.8 Å². The van der Waals surface area contributed by atoms with Gasteiger partial charge in [-0.25, -0.2) is 8.42 Å². The second-order valence-corrected chi connectivity index (χ2v) is 7.90. The molecule has 1 heterocycles. The standard InChI is InChI=1S/C12H11F3O3S2/c13-12(14,15)19-10-3-1-8(2-4-10)11(16)9-5-6-20(17,18)7-9/h1-4,9H,5-7H2. The number of rotatable bonds is 3. The highest BCUT2D eigenvalue weighted by atomic mass is 32.2. The third kappa shape index (κ3) is 3.99. The van der Waals surface area contributed by atoms with E-state index in [1.807, 2.05) is 0 Å². The molecule has 1 aliphatic rings. The lowest BCUT2D eigenvalue weighted by atomic mass is 9.97. The Labute approximate surface area is 118 Å². The molecule has 1 unspecified atom stereocenters. The summed E-state index contributed by atoms with van der Waals surface area (Å²) in [6.45, 7) is 0. The van der Waals surface area contributed by atoms with Crippen LogP contribution < -0.4 is 0 Å². The Hall–Kier alpha value is -1.02. The van der Waals surface area contributed by atoms with Gasteiger partial charge in [0.15, 0.2) is 15.6 Å². The van der Waals surface area contributed by atoms with Gasteiger partial charge in [0.25, 0.3) is 0 Å². The van der Waals surface area contributed by atoms with Crippen LogP contribution in [0.5, 0.6) is 0 Å². The minimum atomic E-state index is -4.37. The van der Waals surface area contributed by atoms with E-state index in [1.165, 1.54) is 24.3 Å². The lowest BCUT2D eigenvalue weighted by Crippen LogP contribution is -2.16. The van der Waals surface area contributed by atoms with E-state index >= 15 is 0 Å². The zero-order chi connectivity index (χ0) is 15.0. The van der Waals surface area contributed by atoms with E-state index in [9.17, 15) is 26.4 Å². The summed E-state index contributed by atoms with van der Waals surface area (Å²) in [4.78, 5) is 12.0. The summed E-state index contributed by atoms with van der Waals surface area (Å²) in [6.07, 6.45) is 0.278. The van der Waals surface area contributed by atoms with Crippen LogP contribution in [0.25, 0.3) is 0 Å². The maximum absolute atomic E-state index is 12.2. The Bertz CT molecular complexity index is 606. The molecule has 0 bridgehead atoms. The molecule has 20 heavy (non-hydrogen) atoms. The molecular weight excluding hydrogens is 313 g/mol. The number of hydrogen-bond acceptors (Lipinski definition) is 4. The van der Waals surface area contributed by atoms with Crippen molar-refractivity contribution in [3.63, 3.8) is 0 Å². The molecule has 0 amide bonds. The van der Waals surface area contributed by atoms with Crippen LogP contribution in [0.15, 0.2) is 29.2 Å². The van der Waals surface area contributed by atoms with E-state index in [0.717, 1.165) is 0 Å². The van der Waals surface area contributed by atoms with Crippen molar-refractivity contribution in [2.24, 2.45) is 5.92 Å². The molecule has 0 saturated carbocycles. The van der Waals surface area contributed by atoms with E-state index in [-0.39, 0.29) is 45.9 Å². The van der Waals surface area contributed by atoms with Crippen LogP contribution in [-0.4, -0.2) is 31.2 Å². The zero-order valence-electron chi connectivity index (χ0n) is 10.2. The molecule has 0 aromatic heterocycles. The van der Waals surface area contributed by atoms with Gasteiger partial charge in [0.1, 0.15) is 0 Å². The third-order valence-corrected chi connectivity index (χ3v) is 5.48. The van der Waals surface area contributed by atoms with E-state index < -0.39 is 21.3 Å². The van der Waals surface area contributed by atoms with E-state index in [2.05, 4.69) is 0 Å². The van der Waals surface area contributed by atoms with Crippen LogP contribution in [-0.2, 0) is 9.84 Å². The number of hydrogen-bond donors (Lipinski definition) is 0. The Morgan fingerprint density at radius 1 is 1.20 bits per heavy atom. The van der Waals surface area contributed by atoms with Crippen molar-refractivity contribution in [1.82, 2.24) is 0 Å². The van der Waals surface area contributed by atoms with Gasteiger partial charge >= 0.3 is 5.51 Å².